The average Bonchev–Trinajstić information content (AvgIpc) is 3.10. The van der Waals surface area contributed by atoms with E-state index in [9.17, 15) is 9.18 Å². The van der Waals surface area contributed by atoms with Gasteiger partial charge in [0, 0.05) is 43.6 Å². The second kappa shape index (κ2) is 8.50. The largest absolute Gasteiger partial charge is 0.353 e. The highest BCUT2D eigenvalue weighted by molar-refractivity contribution is 5.82. The third-order valence-corrected chi connectivity index (χ3v) is 6.28. The maximum atomic E-state index is 14.0. The molecule has 3 aliphatic rings. The second-order valence-corrected chi connectivity index (χ2v) is 8.33. The van der Waals surface area contributed by atoms with Crippen molar-refractivity contribution in [1.82, 2.24) is 15.5 Å². The molecule has 2 saturated carbocycles. The Morgan fingerprint density at radius 3 is 2.75 bits per heavy atom. The van der Waals surface area contributed by atoms with Gasteiger partial charge in [-0.2, -0.15) is 0 Å². The molecule has 1 saturated heterocycles. The maximum Gasteiger partial charge on any atom is 0.225 e. The minimum absolute atomic E-state index is 0.129. The quantitative estimate of drug-likeness (QED) is 0.604. The molecular weight excluding hydrogens is 355 g/mol. The molecule has 1 aromatic rings. The van der Waals surface area contributed by atoms with Crippen LogP contribution in [0.3, 0.4) is 0 Å². The molecule has 0 spiro atoms. The fraction of sp³-hybridized carbons (Fsp3) is 0.636. The van der Waals surface area contributed by atoms with Gasteiger partial charge in [0.05, 0.1) is 0 Å². The number of nitrogens with zero attached hydrogens (tertiary/aromatic N) is 2. The SMILES string of the molecule is CCN=C(NC1CCN(C(=O)C2CCCC2)C1)NC1CC1c1ccccc1F. The summed E-state index contributed by atoms with van der Waals surface area (Å²) in [6.07, 6.45) is 6.35. The highest BCUT2D eigenvalue weighted by atomic mass is 19.1. The Morgan fingerprint density at radius 1 is 1.21 bits per heavy atom. The van der Waals surface area contributed by atoms with Crippen molar-refractivity contribution >= 4 is 11.9 Å². The van der Waals surface area contributed by atoms with Gasteiger partial charge in [0.25, 0.3) is 0 Å². The van der Waals surface area contributed by atoms with E-state index in [-0.39, 0.29) is 29.7 Å². The van der Waals surface area contributed by atoms with Crippen LogP contribution < -0.4 is 10.6 Å². The van der Waals surface area contributed by atoms with E-state index in [0.29, 0.717) is 12.5 Å². The van der Waals surface area contributed by atoms with Crippen molar-refractivity contribution in [3.63, 3.8) is 0 Å². The molecule has 152 valence electrons. The highest BCUT2D eigenvalue weighted by Gasteiger charge is 2.41. The number of amides is 1. The predicted molar refractivity (Wildman–Crippen MR) is 109 cm³/mol. The number of rotatable bonds is 5. The summed E-state index contributed by atoms with van der Waals surface area (Å²) >= 11 is 0. The fourth-order valence-corrected chi connectivity index (χ4v) is 4.64. The Bertz CT molecular complexity index is 731. The van der Waals surface area contributed by atoms with E-state index in [2.05, 4.69) is 15.6 Å². The van der Waals surface area contributed by atoms with Gasteiger partial charge in [-0.25, -0.2) is 4.39 Å². The first-order valence-corrected chi connectivity index (χ1v) is 10.8. The minimum Gasteiger partial charge on any atom is -0.353 e. The van der Waals surface area contributed by atoms with Crippen LogP contribution in [-0.4, -0.2) is 48.5 Å². The fourth-order valence-electron chi connectivity index (χ4n) is 4.64. The van der Waals surface area contributed by atoms with Crippen LogP contribution in [-0.2, 0) is 4.79 Å². The van der Waals surface area contributed by atoms with Gasteiger partial charge in [-0.1, -0.05) is 31.0 Å². The Morgan fingerprint density at radius 2 is 2.00 bits per heavy atom. The van der Waals surface area contributed by atoms with Crippen molar-refractivity contribution < 1.29 is 9.18 Å². The zero-order valence-corrected chi connectivity index (χ0v) is 16.7. The van der Waals surface area contributed by atoms with Crippen LogP contribution in [0, 0.1) is 11.7 Å². The lowest BCUT2D eigenvalue weighted by Crippen LogP contribution is -2.46. The molecule has 2 N–H and O–H groups in total. The van der Waals surface area contributed by atoms with Gasteiger partial charge in [0.2, 0.25) is 5.91 Å². The van der Waals surface area contributed by atoms with Gasteiger partial charge in [-0.05, 0) is 44.2 Å². The maximum absolute atomic E-state index is 14.0. The molecule has 0 radical (unpaired) electrons. The highest BCUT2D eigenvalue weighted by Crippen LogP contribution is 2.41. The first-order valence-electron chi connectivity index (χ1n) is 10.8. The summed E-state index contributed by atoms with van der Waals surface area (Å²) in [5.74, 6) is 1.44. The van der Waals surface area contributed by atoms with E-state index < -0.39 is 0 Å². The predicted octanol–water partition coefficient (Wildman–Crippen LogP) is 3.03. The summed E-state index contributed by atoms with van der Waals surface area (Å²) < 4.78 is 14.0. The summed E-state index contributed by atoms with van der Waals surface area (Å²) in [6, 6.07) is 7.46. The van der Waals surface area contributed by atoms with Crippen molar-refractivity contribution in [3.8, 4) is 0 Å². The van der Waals surface area contributed by atoms with Gasteiger partial charge in [-0.15, -0.1) is 0 Å². The summed E-state index contributed by atoms with van der Waals surface area (Å²) in [5, 5.41) is 6.96. The van der Waals surface area contributed by atoms with Gasteiger partial charge in [-0.3, -0.25) is 9.79 Å². The van der Waals surface area contributed by atoms with E-state index in [1.807, 2.05) is 24.0 Å². The molecule has 1 heterocycles. The number of guanidine groups is 1. The number of hydrogen-bond donors (Lipinski definition) is 2. The summed E-state index contributed by atoms with van der Waals surface area (Å²) in [5.41, 5.74) is 0.782. The van der Waals surface area contributed by atoms with Crippen LogP contribution in [0.5, 0.6) is 0 Å². The molecule has 1 aliphatic heterocycles. The molecule has 3 atom stereocenters. The molecule has 5 nitrogen and oxygen atoms in total. The van der Waals surface area contributed by atoms with Crippen LogP contribution in [0.4, 0.5) is 4.39 Å². The van der Waals surface area contributed by atoms with Crippen molar-refractivity contribution in [2.45, 2.75) is 63.5 Å². The van der Waals surface area contributed by atoms with Crippen molar-refractivity contribution in [3.05, 3.63) is 35.6 Å². The molecule has 28 heavy (non-hydrogen) atoms. The first kappa shape index (κ1) is 19.2. The zero-order chi connectivity index (χ0) is 19.5. The van der Waals surface area contributed by atoms with Crippen LogP contribution in [0.2, 0.25) is 0 Å². The molecule has 2 aliphatic carbocycles. The summed E-state index contributed by atoms with van der Waals surface area (Å²) in [7, 11) is 0. The first-order chi connectivity index (χ1) is 13.7. The molecule has 0 aromatic heterocycles. The lowest BCUT2D eigenvalue weighted by atomic mass is 10.1. The Labute approximate surface area is 166 Å². The summed E-state index contributed by atoms with van der Waals surface area (Å²) in [6.45, 7) is 4.27. The standard InChI is InChI=1S/C22H31FN4O/c1-2-24-22(26-20-13-18(20)17-9-5-6-10-19(17)23)25-16-11-12-27(14-16)21(28)15-7-3-4-8-15/h5-6,9-10,15-16,18,20H,2-4,7-8,11-14H2,1H3,(H2,24,25,26). The minimum atomic E-state index is -0.129. The Balaban J connectivity index is 1.30. The van der Waals surface area contributed by atoms with Crippen molar-refractivity contribution in [1.29, 1.82) is 0 Å². The molecule has 1 amide bonds. The van der Waals surface area contributed by atoms with Crippen LogP contribution in [0.25, 0.3) is 0 Å². The van der Waals surface area contributed by atoms with Crippen molar-refractivity contribution in [2.75, 3.05) is 19.6 Å². The number of nitrogens with one attached hydrogen (secondary N) is 2. The lowest BCUT2D eigenvalue weighted by Gasteiger charge is -2.21. The van der Waals surface area contributed by atoms with Gasteiger partial charge in [0.15, 0.2) is 5.96 Å². The number of aliphatic imine (C=N–C) groups is 1. The molecule has 0 bridgehead atoms. The number of likely N-dealkylation sites (tertiary alicyclic amines) is 1. The Kier molecular flexibility index (Phi) is 5.83. The van der Waals surface area contributed by atoms with E-state index in [4.69, 9.17) is 0 Å². The van der Waals surface area contributed by atoms with E-state index in [0.717, 1.165) is 50.3 Å². The van der Waals surface area contributed by atoms with E-state index in [1.54, 1.807) is 6.07 Å². The molecule has 3 fully saturated rings. The third-order valence-electron chi connectivity index (χ3n) is 6.28. The van der Waals surface area contributed by atoms with Gasteiger partial charge in [0.1, 0.15) is 5.82 Å². The number of halogens is 1. The van der Waals surface area contributed by atoms with Crippen LogP contribution >= 0.6 is 0 Å². The number of carbonyl (C=O) groups excluding carboxylic acids is 1. The normalized spacial score (nSPS) is 27.9. The van der Waals surface area contributed by atoms with Gasteiger partial charge >= 0.3 is 0 Å². The van der Waals surface area contributed by atoms with Crippen LogP contribution in [0.1, 0.15) is 56.9 Å². The number of benzene rings is 1. The smallest absolute Gasteiger partial charge is 0.225 e. The number of hydrogen-bond acceptors (Lipinski definition) is 2. The van der Waals surface area contributed by atoms with E-state index >= 15 is 0 Å². The average molecular weight is 387 g/mol. The van der Waals surface area contributed by atoms with Crippen LogP contribution in [0.15, 0.2) is 29.3 Å². The van der Waals surface area contributed by atoms with E-state index in [1.165, 1.54) is 18.9 Å². The lowest BCUT2D eigenvalue weighted by molar-refractivity contribution is -0.134. The number of carbonyl (C=O) groups is 1. The molecule has 1 aromatic carbocycles. The third kappa shape index (κ3) is 4.31. The Hall–Kier alpha value is -2.11. The molecule has 4 rings (SSSR count). The zero-order valence-electron chi connectivity index (χ0n) is 16.7. The molecular formula is C22H31FN4O. The topological polar surface area (TPSA) is 56.7 Å². The molecule has 6 heteroatoms. The monoisotopic (exact) mass is 386 g/mol. The second-order valence-electron chi connectivity index (χ2n) is 8.33. The molecule has 3 unspecified atom stereocenters. The van der Waals surface area contributed by atoms with Gasteiger partial charge < -0.3 is 15.5 Å². The van der Waals surface area contributed by atoms with Crippen molar-refractivity contribution in [2.24, 2.45) is 10.9 Å². The summed E-state index contributed by atoms with van der Waals surface area (Å²) in [4.78, 5) is 19.2.